The predicted octanol–water partition coefficient (Wildman–Crippen LogP) is 3.61. The number of halogens is 2. The number of ether oxygens (including phenoxy) is 1. The van der Waals surface area contributed by atoms with E-state index < -0.39 is 16.5 Å². The molecule has 1 aromatic carbocycles. The van der Waals surface area contributed by atoms with Gasteiger partial charge in [-0.1, -0.05) is 22.9 Å². The molecule has 0 amide bonds. The van der Waals surface area contributed by atoms with E-state index in [1.54, 1.807) is 20.8 Å². The molecular formula is C14H14BrClN4O4. The fourth-order valence-electron chi connectivity index (χ4n) is 2.03. The standard InChI is InChI=1S/C14H14BrClN4O4/c1-14(2,3)24-10(21)7-19-12(13(15)17-18-19)11-8(16)5-4-6-9(11)20(22)23/h4-6H,7H2,1-3H3. The number of esters is 1. The van der Waals surface area contributed by atoms with Crippen LogP contribution in [0.4, 0.5) is 5.69 Å². The van der Waals surface area contributed by atoms with Gasteiger partial charge < -0.3 is 4.74 Å². The van der Waals surface area contributed by atoms with Gasteiger partial charge in [-0.15, -0.1) is 5.10 Å². The summed E-state index contributed by atoms with van der Waals surface area (Å²) in [5.74, 6) is -0.546. The molecule has 8 nitrogen and oxygen atoms in total. The number of nitro groups is 1. The van der Waals surface area contributed by atoms with Crippen molar-refractivity contribution in [2.24, 2.45) is 0 Å². The molecule has 0 saturated carbocycles. The Bertz CT molecular complexity index is 801. The van der Waals surface area contributed by atoms with E-state index in [1.807, 2.05) is 0 Å². The molecule has 24 heavy (non-hydrogen) atoms. The number of carbonyl (C=O) groups is 1. The van der Waals surface area contributed by atoms with Gasteiger partial charge in [0.25, 0.3) is 5.69 Å². The molecule has 2 aromatic rings. The lowest BCUT2D eigenvalue weighted by Gasteiger charge is -2.19. The van der Waals surface area contributed by atoms with Crippen molar-refractivity contribution in [2.45, 2.75) is 32.9 Å². The Kier molecular flexibility index (Phi) is 5.24. The Labute approximate surface area is 151 Å². The van der Waals surface area contributed by atoms with Crippen LogP contribution in [0.15, 0.2) is 22.8 Å². The summed E-state index contributed by atoms with van der Waals surface area (Å²) in [4.78, 5) is 22.8. The molecule has 0 unspecified atom stereocenters. The maximum Gasteiger partial charge on any atom is 0.328 e. The second-order valence-corrected chi connectivity index (χ2v) is 7.02. The van der Waals surface area contributed by atoms with Crippen LogP contribution < -0.4 is 0 Å². The SMILES string of the molecule is CC(C)(C)OC(=O)Cn1nnc(Br)c1-c1c(Cl)cccc1[N+](=O)[O-]. The second-order valence-electron chi connectivity index (χ2n) is 5.86. The number of carbonyl (C=O) groups excluding carboxylic acids is 1. The predicted molar refractivity (Wildman–Crippen MR) is 90.7 cm³/mol. The maximum atomic E-state index is 12.0. The number of hydrogen-bond acceptors (Lipinski definition) is 6. The number of nitro benzene ring substituents is 1. The normalized spacial score (nSPS) is 11.4. The van der Waals surface area contributed by atoms with Gasteiger partial charge >= 0.3 is 5.97 Å². The highest BCUT2D eigenvalue weighted by molar-refractivity contribution is 9.10. The number of benzene rings is 1. The number of rotatable bonds is 4. The third-order valence-corrected chi connectivity index (χ3v) is 3.67. The van der Waals surface area contributed by atoms with Gasteiger partial charge in [-0.3, -0.25) is 14.9 Å². The van der Waals surface area contributed by atoms with Gasteiger partial charge in [-0.25, -0.2) is 4.68 Å². The fraction of sp³-hybridized carbons (Fsp3) is 0.357. The van der Waals surface area contributed by atoms with E-state index in [-0.39, 0.29) is 33.1 Å². The first-order valence-corrected chi connectivity index (χ1v) is 8.01. The minimum absolute atomic E-state index is 0.129. The van der Waals surface area contributed by atoms with Crippen LogP contribution in [0.1, 0.15) is 20.8 Å². The molecule has 0 fully saturated rings. The molecule has 0 N–H and O–H groups in total. The van der Waals surface area contributed by atoms with E-state index in [1.165, 1.54) is 22.9 Å². The quantitative estimate of drug-likeness (QED) is 0.428. The maximum absolute atomic E-state index is 12.0. The Morgan fingerprint density at radius 3 is 2.71 bits per heavy atom. The Balaban J connectivity index is 2.49. The van der Waals surface area contributed by atoms with Crippen molar-refractivity contribution in [3.8, 4) is 11.3 Å². The van der Waals surface area contributed by atoms with Crippen molar-refractivity contribution in [3.63, 3.8) is 0 Å². The molecule has 0 aliphatic heterocycles. The highest BCUT2D eigenvalue weighted by Gasteiger charge is 2.27. The summed E-state index contributed by atoms with van der Waals surface area (Å²) in [6.45, 7) is 4.96. The monoisotopic (exact) mass is 416 g/mol. The molecular weight excluding hydrogens is 404 g/mol. The first kappa shape index (κ1) is 18.3. The molecule has 1 heterocycles. The van der Waals surface area contributed by atoms with Gasteiger partial charge in [0.15, 0.2) is 4.60 Å². The summed E-state index contributed by atoms with van der Waals surface area (Å²) in [5.41, 5.74) is -0.510. The van der Waals surface area contributed by atoms with E-state index in [9.17, 15) is 14.9 Å². The van der Waals surface area contributed by atoms with Crippen LogP contribution in [0, 0.1) is 10.1 Å². The zero-order valence-electron chi connectivity index (χ0n) is 13.1. The molecule has 10 heteroatoms. The zero-order chi connectivity index (χ0) is 18.1. The number of nitrogens with zero attached hydrogens (tertiary/aromatic N) is 4. The molecule has 0 aliphatic rings. The number of aromatic nitrogens is 3. The molecule has 128 valence electrons. The van der Waals surface area contributed by atoms with Gasteiger partial charge in [-0.2, -0.15) is 0 Å². The molecule has 2 rings (SSSR count). The van der Waals surface area contributed by atoms with Crippen molar-refractivity contribution in [1.82, 2.24) is 15.0 Å². The lowest BCUT2D eigenvalue weighted by atomic mass is 10.1. The smallest absolute Gasteiger partial charge is 0.328 e. The average molecular weight is 418 g/mol. The van der Waals surface area contributed by atoms with Crippen LogP contribution in [0.5, 0.6) is 0 Å². The van der Waals surface area contributed by atoms with E-state index in [0.29, 0.717) is 0 Å². The molecule has 1 aromatic heterocycles. The highest BCUT2D eigenvalue weighted by Crippen LogP contribution is 2.39. The Morgan fingerprint density at radius 1 is 1.46 bits per heavy atom. The topological polar surface area (TPSA) is 100 Å². The van der Waals surface area contributed by atoms with Crippen LogP contribution in [0.3, 0.4) is 0 Å². The van der Waals surface area contributed by atoms with Crippen LogP contribution in [0.25, 0.3) is 11.3 Å². The number of hydrogen-bond donors (Lipinski definition) is 0. The summed E-state index contributed by atoms with van der Waals surface area (Å²) in [6, 6.07) is 4.31. The minimum Gasteiger partial charge on any atom is -0.459 e. The van der Waals surface area contributed by atoms with E-state index in [2.05, 4.69) is 26.2 Å². The second kappa shape index (κ2) is 6.86. The van der Waals surface area contributed by atoms with Crippen molar-refractivity contribution in [3.05, 3.63) is 37.9 Å². The first-order chi connectivity index (χ1) is 11.1. The Hall–Kier alpha value is -2.00. The van der Waals surface area contributed by atoms with Crippen molar-refractivity contribution in [2.75, 3.05) is 0 Å². The molecule has 0 aliphatic carbocycles. The van der Waals surface area contributed by atoms with E-state index >= 15 is 0 Å². The van der Waals surface area contributed by atoms with Gasteiger partial charge in [0.2, 0.25) is 0 Å². The van der Waals surface area contributed by atoms with Gasteiger partial charge in [0, 0.05) is 6.07 Å². The zero-order valence-corrected chi connectivity index (χ0v) is 15.5. The van der Waals surface area contributed by atoms with Crippen molar-refractivity contribution >= 4 is 39.2 Å². The van der Waals surface area contributed by atoms with Gasteiger partial charge in [0.1, 0.15) is 17.8 Å². The Morgan fingerprint density at radius 2 is 2.12 bits per heavy atom. The highest BCUT2D eigenvalue weighted by atomic mass is 79.9. The van der Waals surface area contributed by atoms with E-state index in [4.69, 9.17) is 16.3 Å². The van der Waals surface area contributed by atoms with Crippen LogP contribution in [0.2, 0.25) is 5.02 Å². The summed E-state index contributed by atoms with van der Waals surface area (Å²) >= 11 is 9.34. The first-order valence-electron chi connectivity index (χ1n) is 6.84. The molecule has 0 bridgehead atoms. The van der Waals surface area contributed by atoms with Crippen molar-refractivity contribution < 1.29 is 14.5 Å². The third kappa shape index (κ3) is 4.09. The van der Waals surface area contributed by atoms with Gasteiger partial charge in [0.05, 0.1) is 15.5 Å². The van der Waals surface area contributed by atoms with Crippen molar-refractivity contribution in [1.29, 1.82) is 0 Å². The lowest BCUT2D eigenvalue weighted by Crippen LogP contribution is -2.27. The summed E-state index contributed by atoms with van der Waals surface area (Å²) in [5, 5.41) is 19.1. The lowest BCUT2D eigenvalue weighted by molar-refractivity contribution is -0.384. The minimum atomic E-state index is -0.661. The summed E-state index contributed by atoms with van der Waals surface area (Å²) in [6.07, 6.45) is 0. The molecule has 0 atom stereocenters. The molecule has 0 spiro atoms. The molecule has 0 saturated heterocycles. The van der Waals surface area contributed by atoms with Crippen LogP contribution in [-0.2, 0) is 16.1 Å². The summed E-state index contributed by atoms with van der Waals surface area (Å²) in [7, 11) is 0. The largest absolute Gasteiger partial charge is 0.459 e. The fourth-order valence-corrected chi connectivity index (χ4v) is 2.76. The van der Waals surface area contributed by atoms with E-state index in [0.717, 1.165) is 0 Å². The van der Waals surface area contributed by atoms with Gasteiger partial charge in [-0.05, 0) is 42.8 Å². The van der Waals surface area contributed by atoms with Crippen LogP contribution in [-0.4, -0.2) is 31.5 Å². The van der Waals surface area contributed by atoms with Crippen LogP contribution >= 0.6 is 27.5 Å². The third-order valence-electron chi connectivity index (χ3n) is 2.82. The molecule has 0 radical (unpaired) electrons. The summed E-state index contributed by atoms with van der Waals surface area (Å²) < 4.78 is 6.69. The average Bonchev–Trinajstić information content (AvgIpc) is 2.77.